The Kier molecular flexibility index (Phi) is 8.56. The van der Waals surface area contributed by atoms with Gasteiger partial charge in [-0.15, -0.1) is 0 Å². The zero-order valence-electron chi connectivity index (χ0n) is 16.2. The highest BCUT2D eigenvalue weighted by Crippen LogP contribution is 2.21. The van der Waals surface area contributed by atoms with Crippen LogP contribution in [0.1, 0.15) is 72.2 Å². The molecule has 0 fully saturated rings. The van der Waals surface area contributed by atoms with Gasteiger partial charge in [-0.2, -0.15) is 0 Å². The summed E-state index contributed by atoms with van der Waals surface area (Å²) in [5.41, 5.74) is 1.69. The average molecular weight is 368 g/mol. The molecule has 2 aromatic carbocycles. The van der Waals surface area contributed by atoms with E-state index in [0.29, 0.717) is 23.5 Å². The zero-order chi connectivity index (χ0) is 19.5. The van der Waals surface area contributed by atoms with Crippen LogP contribution in [0.25, 0.3) is 0 Å². The first kappa shape index (κ1) is 20.7. The summed E-state index contributed by atoms with van der Waals surface area (Å²) in [6.45, 7) is 4.62. The fraction of sp³-hybridized carbons (Fsp3) is 0.391. The number of ether oxygens (including phenoxy) is 2. The second kappa shape index (κ2) is 11.2. The molecule has 0 amide bonds. The number of hydrogen-bond donors (Lipinski definition) is 0. The van der Waals surface area contributed by atoms with Crippen molar-refractivity contribution in [1.82, 2.24) is 0 Å². The van der Waals surface area contributed by atoms with Crippen molar-refractivity contribution in [2.75, 3.05) is 6.61 Å². The summed E-state index contributed by atoms with van der Waals surface area (Å²) in [6, 6.07) is 14.0. The van der Waals surface area contributed by atoms with Crippen molar-refractivity contribution in [3.63, 3.8) is 0 Å². The van der Waals surface area contributed by atoms with Crippen molar-refractivity contribution >= 4 is 11.9 Å². The van der Waals surface area contributed by atoms with Crippen LogP contribution in [0.15, 0.2) is 48.5 Å². The van der Waals surface area contributed by atoms with E-state index in [2.05, 4.69) is 13.8 Å². The molecule has 0 aliphatic rings. The first-order chi connectivity index (χ1) is 13.2. The van der Waals surface area contributed by atoms with Gasteiger partial charge in [0.25, 0.3) is 0 Å². The maximum Gasteiger partial charge on any atom is 0.343 e. The molecule has 0 aliphatic carbocycles. The summed E-state index contributed by atoms with van der Waals surface area (Å²) in [5.74, 6) is -0.322. The van der Waals surface area contributed by atoms with Gasteiger partial charge in [0.05, 0.1) is 17.7 Å². The molecule has 0 aliphatic heterocycles. The lowest BCUT2D eigenvalue weighted by atomic mass is 10.1. The highest BCUT2D eigenvalue weighted by molar-refractivity contribution is 5.96. The molecule has 4 nitrogen and oxygen atoms in total. The lowest BCUT2D eigenvalue weighted by Gasteiger charge is -2.10. The van der Waals surface area contributed by atoms with E-state index in [9.17, 15) is 9.59 Å². The van der Waals surface area contributed by atoms with E-state index in [4.69, 9.17) is 9.47 Å². The van der Waals surface area contributed by atoms with Crippen LogP contribution >= 0.6 is 0 Å². The normalized spacial score (nSPS) is 10.4. The van der Waals surface area contributed by atoms with Crippen LogP contribution in [0.2, 0.25) is 0 Å². The summed E-state index contributed by atoms with van der Waals surface area (Å²) >= 11 is 0. The number of unbranched alkanes of at least 4 members (excludes halogenated alkanes) is 3. The number of aryl methyl sites for hydroxylation is 1. The third kappa shape index (κ3) is 6.55. The summed E-state index contributed by atoms with van der Waals surface area (Å²) in [6.07, 6.45) is 5.99. The summed E-state index contributed by atoms with van der Waals surface area (Å²) < 4.78 is 10.8. The molecule has 27 heavy (non-hydrogen) atoms. The Balaban J connectivity index is 2.00. The van der Waals surface area contributed by atoms with Gasteiger partial charge in [-0.1, -0.05) is 63.8 Å². The smallest absolute Gasteiger partial charge is 0.343 e. The predicted molar refractivity (Wildman–Crippen MR) is 106 cm³/mol. The Morgan fingerprint density at radius 2 is 1.56 bits per heavy atom. The third-order valence-electron chi connectivity index (χ3n) is 4.26. The first-order valence-electron chi connectivity index (χ1n) is 9.73. The molecule has 0 spiro atoms. The predicted octanol–water partition coefficient (Wildman–Crippen LogP) is 5.60. The van der Waals surface area contributed by atoms with E-state index in [1.807, 2.05) is 18.2 Å². The second-order valence-electron chi connectivity index (χ2n) is 6.52. The second-order valence-corrected chi connectivity index (χ2v) is 6.52. The molecule has 0 N–H and O–H groups in total. The largest absolute Gasteiger partial charge is 0.462 e. The van der Waals surface area contributed by atoms with Gasteiger partial charge < -0.3 is 9.47 Å². The van der Waals surface area contributed by atoms with Crippen LogP contribution in [0.4, 0.5) is 0 Å². The molecule has 144 valence electrons. The summed E-state index contributed by atoms with van der Waals surface area (Å²) in [5, 5.41) is 0. The van der Waals surface area contributed by atoms with Crippen LogP contribution in [-0.2, 0) is 11.2 Å². The highest BCUT2D eigenvalue weighted by atomic mass is 16.5. The molecule has 2 aromatic rings. The molecule has 0 heterocycles. The molecule has 0 unspecified atom stereocenters. The number of carbonyl (C=O) groups excluding carboxylic acids is 2. The van der Waals surface area contributed by atoms with Crippen molar-refractivity contribution in [3.8, 4) is 5.75 Å². The first-order valence-corrected chi connectivity index (χ1v) is 9.73. The minimum atomic E-state index is -0.476. The molecular formula is C23H28O4. The molecule has 2 rings (SSSR count). The highest BCUT2D eigenvalue weighted by Gasteiger charge is 2.14. The Labute approximate surface area is 161 Å². The van der Waals surface area contributed by atoms with Crippen LogP contribution in [-0.4, -0.2) is 18.5 Å². The minimum absolute atomic E-state index is 0.335. The van der Waals surface area contributed by atoms with Gasteiger partial charge in [0.1, 0.15) is 5.75 Å². The SMILES string of the molecule is CCCCCCOC(=O)c1cccc(C(=O)Oc2ccccc2CCC)c1. The van der Waals surface area contributed by atoms with E-state index >= 15 is 0 Å². The number of esters is 2. The monoisotopic (exact) mass is 368 g/mol. The fourth-order valence-corrected chi connectivity index (χ4v) is 2.79. The lowest BCUT2D eigenvalue weighted by molar-refractivity contribution is 0.0498. The lowest BCUT2D eigenvalue weighted by Crippen LogP contribution is -2.12. The molecule has 0 bridgehead atoms. The van der Waals surface area contributed by atoms with Crippen LogP contribution in [0.3, 0.4) is 0 Å². The number of benzene rings is 2. The Hall–Kier alpha value is -2.62. The number of hydrogen-bond acceptors (Lipinski definition) is 4. The van der Waals surface area contributed by atoms with Gasteiger partial charge in [0.2, 0.25) is 0 Å². The van der Waals surface area contributed by atoms with Crippen LogP contribution < -0.4 is 4.74 Å². The fourth-order valence-electron chi connectivity index (χ4n) is 2.79. The average Bonchev–Trinajstić information content (AvgIpc) is 2.69. The van der Waals surface area contributed by atoms with Gasteiger partial charge >= 0.3 is 11.9 Å². The van der Waals surface area contributed by atoms with Gasteiger partial charge in [0, 0.05) is 0 Å². The standard InChI is InChI=1S/C23H28O4/c1-3-5-6-9-16-26-22(24)19-13-10-14-20(17-19)23(25)27-21-15-8-7-12-18(21)11-4-2/h7-8,10,12-15,17H,3-6,9,11,16H2,1-2H3. The van der Waals surface area contributed by atoms with Gasteiger partial charge in [-0.05, 0) is 42.7 Å². The Morgan fingerprint density at radius 1 is 0.815 bits per heavy atom. The molecule has 4 heteroatoms. The Morgan fingerprint density at radius 3 is 2.30 bits per heavy atom. The molecular weight excluding hydrogens is 340 g/mol. The van der Waals surface area contributed by atoms with Crippen molar-refractivity contribution < 1.29 is 19.1 Å². The topological polar surface area (TPSA) is 52.6 Å². The van der Waals surface area contributed by atoms with Crippen molar-refractivity contribution in [2.45, 2.75) is 52.4 Å². The van der Waals surface area contributed by atoms with Gasteiger partial charge in [0.15, 0.2) is 0 Å². The van der Waals surface area contributed by atoms with Crippen LogP contribution in [0, 0.1) is 0 Å². The number of carbonyl (C=O) groups is 2. The van der Waals surface area contributed by atoms with E-state index in [1.54, 1.807) is 24.3 Å². The third-order valence-corrected chi connectivity index (χ3v) is 4.26. The number of rotatable bonds is 10. The van der Waals surface area contributed by atoms with E-state index in [1.165, 1.54) is 6.07 Å². The molecule has 0 atom stereocenters. The molecule has 0 saturated carbocycles. The van der Waals surface area contributed by atoms with E-state index in [-0.39, 0.29) is 0 Å². The van der Waals surface area contributed by atoms with Gasteiger partial charge in [-0.3, -0.25) is 0 Å². The Bertz CT molecular complexity index is 752. The molecule has 0 saturated heterocycles. The van der Waals surface area contributed by atoms with Gasteiger partial charge in [-0.25, -0.2) is 9.59 Å². The van der Waals surface area contributed by atoms with Crippen molar-refractivity contribution in [3.05, 3.63) is 65.2 Å². The van der Waals surface area contributed by atoms with Crippen molar-refractivity contribution in [2.24, 2.45) is 0 Å². The van der Waals surface area contributed by atoms with Crippen LogP contribution in [0.5, 0.6) is 5.75 Å². The number of para-hydroxylation sites is 1. The van der Waals surface area contributed by atoms with E-state index in [0.717, 1.165) is 44.1 Å². The minimum Gasteiger partial charge on any atom is -0.462 e. The zero-order valence-corrected chi connectivity index (χ0v) is 16.2. The summed E-state index contributed by atoms with van der Waals surface area (Å²) in [7, 11) is 0. The molecule has 0 aromatic heterocycles. The van der Waals surface area contributed by atoms with E-state index < -0.39 is 11.9 Å². The molecule has 0 radical (unpaired) electrons. The maximum atomic E-state index is 12.5. The quantitative estimate of drug-likeness (QED) is 0.311. The maximum absolute atomic E-state index is 12.5. The summed E-state index contributed by atoms with van der Waals surface area (Å²) in [4.78, 5) is 24.7. The van der Waals surface area contributed by atoms with Crippen molar-refractivity contribution in [1.29, 1.82) is 0 Å².